The van der Waals surface area contributed by atoms with E-state index >= 15 is 0 Å². The fourth-order valence-electron chi connectivity index (χ4n) is 2.59. The molecule has 2 heterocycles. The van der Waals surface area contributed by atoms with Crippen LogP contribution in [0.2, 0.25) is 0 Å². The Kier molecular flexibility index (Phi) is 4.40. The molecule has 1 aromatic heterocycles. The second kappa shape index (κ2) is 6.63. The lowest BCUT2D eigenvalue weighted by Crippen LogP contribution is -2.08. The third-order valence-corrected chi connectivity index (χ3v) is 3.81. The highest BCUT2D eigenvalue weighted by molar-refractivity contribution is 5.32. The molecule has 1 atom stereocenters. The molecular weight excluding hydrogens is 266 g/mol. The molecule has 1 aliphatic rings. The number of hydrogen-bond acceptors (Lipinski definition) is 4. The maximum atomic E-state index is 5.75. The van der Waals surface area contributed by atoms with Gasteiger partial charge < -0.3 is 14.8 Å². The molecule has 1 aromatic carbocycles. The van der Waals surface area contributed by atoms with E-state index in [9.17, 15) is 0 Å². The van der Waals surface area contributed by atoms with Gasteiger partial charge in [0.2, 0.25) is 0 Å². The highest BCUT2D eigenvalue weighted by Crippen LogP contribution is 2.21. The van der Waals surface area contributed by atoms with E-state index in [-0.39, 0.29) is 0 Å². The Labute approximate surface area is 124 Å². The van der Waals surface area contributed by atoms with Crippen molar-refractivity contribution in [2.24, 2.45) is 0 Å². The Balaban J connectivity index is 1.50. The van der Waals surface area contributed by atoms with Gasteiger partial charge in [-0.25, -0.2) is 0 Å². The van der Waals surface area contributed by atoms with Gasteiger partial charge in [-0.1, -0.05) is 6.07 Å². The first-order valence-electron chi connectivity index (χ1n) is 7.37. The number of nitrogens with one attached hydrogen (secondary N) is 2. The van der Waals surface area contributed by atoms with Crippen molar-refractivity contribution >= 4 is 0 Å². The van der Waals surface area contributed by atoms with Gasteiger partial charge in [-0.3, -0.25) is 5.10 Å². The lowest BCUT2D eigenvalue weighted by atomic mass is 10.0. The molecule has 1 saturated heterocycles. The zero-order valence-corrected chi connectivity index (χ0v) is 12.3. The molecule has 1 aliphatic heterocycles. The first-order chi connectivity index (χ1) is 10.3. The van der Waals surface area contributed by atoms with Crippen molar-refractivity contribution in [2.45, 2.75) is 18.8 Å². The lowest BCUT2D eigenvalue weighted by Gasteiger charge is -2.06. The van der Waals surface area contributed by atoms with Crippen molar-refractivity contribution in [3.63, 3.8) is 0 Å². The second-order valence-electron chi connectivity index (χ2n) is 5.29. The van der Waals surface area contributed by atoms with Crippen molar-refractivity contribution in [3.05, 3.63) is 41.7 Å². The molecule has 0 unspecified atom stereocenters. The maximum absolute atomic E-state index is 5.75. The summed E-state index contributed by atoms with van der Waals surface area (Å²) in [5.74, 6) is 2.19. The predicted octanol–water partition coefficient (Wildman–Crippen LogP) is 2.12. The van der Waals surface area contributed by atoms with E-state index in [2.05, 4.69) is 21.6 Å². The third-order valence-electron chi connectivity index (χ3n) is 3.81. The lowest BCUT2D eigenvalue weighted by molar-refractivity contribution is 0.317. The molecule has 5 heteroatoms. The van der Waals surface area contributed by atoms with Crippen LogP contribution in [0.25, 0.3) is 0 Å². The van der Waals surface area contributed by atoms with E-state index in [1.54, 1.807) is 7.11 Å². The summed E-state index contributed by atoms with van der Waals surface area (Å²) >= 11 is 0. The van der Waals surface area contributed by atoms with E-state index in [4.69, 9.17) is 9.47 Å². The number of rotatable bonds is 6. The van der Waals surface area contributed by atoms with Crippen LogP contribution in [0.1, 0.15) is 23.7 Å². The standard InChI is InChI=1S/C16H21N3O2/c1-20-14-3-2-4-15(10-14)21-8-6-13-9-16(19-18-13)12-5-7-17-11-12/h2-4,9-10,12,17H,5-8,11H2,1H3,(H,18,19)/t12-/m1/s1. The Hall–Kier alpha value is -2.01. The van der Waals surface area contributed by atoms with Crippen molar-refractivity contribution < 1.29 is 9.47 Å². The van der Waals surface area contributed by atoms with E-state index in [0.717, 1.165) is 42.4 Å². The van der Waals surface area contributed by atoms with E-state index in [1.807, 2.05) is 24.3 Å². The SMILES string of the molecule is COc1cccc(OCCc2cc([C@@H]3CCNC3)n[nH]2)c1. The Morgan fingerprint density at radius 1 is 1.29 bits per heavy atom. The molecule has 0 bridgehead atoms. The average molecular weight is 287 g/mol. The topological polar surface area (TPSA) is 59.2 Å². The van der Waals surface area contributed by atoms with Gasteiger partial charge >= 0.3 is 0 Å². The molecule has 0 saturated carbocycles. The second-order valence-corrected chi connectivity index (χ2v) is 5.29. The minimum Gasteiger partial charge on any atom is -0.497 e. The molecule has 5 nitrogen and oxygen atoms in total. The molecule has 1 fully saturated rings. The monoisotopic (exact) mass is 287 g/mol. The molecule has 0 amide bonds. The van der Waals surface area contributed by atoms with Crippen molar-refractivity contribution in [1.82, 2.24) is 15.5 Å². The van der Waals surface area contributed by atoms with Crippen LogP contribution < -0.4 is 14.8 Å². The Bertz CT molecular complexity index is 576. The number of aromatic nitrogens is 2. The van der Waals surface area contributed by atoms with E-state index < -0.39 is 0 Å². The zero-order chi connectivity index (χ0) is 14.5. The van der Waals surface area contributed by atoms with Gasteiger partial charge in [-0.05, 0) is 31.2 Å². The van der Waals surface area contributed by atoms with Crippen molar-refractivity contribution in [1.29, 1.82) is 0 Å². The van der Waals surface area contributed by atoms with Gasteiger partial charge in [0.05, 0.1) is 19.4 Å². The molecule has 21 heavy (non-hydrogen) atoms. The van der Waals surface area contributed by atoms with Gasteiger partial charge in [0, 0.05) is 30.6 Å². The molecule has 0 radical (unpaired) electrons. The Morgan fingerprint density at radius 2 is 2.19 bits per heavy atom. The average Bonchev–Trinajstić information content (AvgIpc) is 3.18. The minimum absolute atomic E-state index is 0.550. The number of ether oxygens (including phenoxy) is 2. The highest BCUT2D eigenvalue weighted by Gasteiger charge is 2.19. The summed E-state index contributed by atoms with van der Waals surface area (Å²) in [4.78, 5) is 0. The number of nitrogens with zero attached hydrogens (tertiary/aromatic N) is 1. The summed E-state index contributed by atoms with van der Waals surface area (Å²) in [6.07, 6.45) is 2.00. The molecular formula is C16H21N3O2. The van der Waals surface area contributed by atoms with Crippen molar-refractivity contribution in [2.75, 3.05) is 26.8 Å². The Morgan fingerprint density at radius 3 is 3.00 bits per heavy atom. The number of aromatic amines is 1. The molecule has 2 N–H and O–H groups in total. The summed E-state index contributed by atoms with van der Waals surface area (Å²) in [5.41, 5.74) is 2.29. The van der Waals surface area contributed by atoms with Crippen LogP contribution in [0.3, 0.4) is 0 Å². The summed E-state index contributed by atoms with van der Waals surface area (Å²) < 4.78 is 10.9. The van der Waals surface area contributed by atoms with Crippen LogP contribution in [-0.4, -0.2) is 37.0 Å². The first-order valence-corrected chi connectivity index (χ1v) is 7.37. The smallest absolute Gasteiger partial charge is 0.123 e. The van der Waals surface area contributed by atoms with E-state index in [0.29, 0.717) is 12.5 Å². The molecule has 3 rings (SSSR count). The predicted molar refractivity (Wildman–Crippen MR) is 81.0 cm³/mol. The molecule has 112 valence electrons. The van der Waals surface area contributed by atoms with Crippen LogP contribution in [-0.2, 0) is 6.42 Å². The van der Waals surface area contributed by atoms with Gasteiger partial charge in [0.25, 0.3) is 0 Å². The number of benzene rings is 1. The number of methoxy groups -OCH3 is 1. The van der Waals surface area contributed by atoms with Crippen LogP contribution in [0.4, 0.5) is 0 Å². The van der Waals surface area contributed by atoms with Gasteiger partial charge in [0.1, 0.15) is 11.5 Å². The largest absolute Gasteiger partial charge is 0.497 e. The normalized spacial score (nSPS) is 17.9. The third kappa shape index (κ3) is 3.55. The number of H-pyrrole nitrogens is 1. The van der Waals surface area contributed by atoms with Gasteiger partial charge in [-0.15, -0.1) is 0 Å². The van der Waals surface area contributed by atoms with Crippen LogP contribution in [0.5, 0.6) is 11.5 Å². The van der Waals surface area contributed by atoms with Crippen molar-refractivity contribution in [3.8, 4) is 11.5 Å². The zero-order valence-electron chi connectivity index (χ0n) is 12.3. The van der Waals surface area contributed by atoms with Crippen LogP contribution >= 0.6 is 0 Å². The van der Waals surface area contributed by atoms with Gasteiger partial charge in [0.15, 0.2) is 0 Å². The van der Waals surface area contributed by atoms with E-state index in [1.165, 1.54) is 6.42 Å². The molecule has 0 spiro atoms. The quantitative estimate of drug-likeness (QED) is 0.854. The number of hydrogen-bond donors (Lipinski definition) is 2. The van der Waals surface area contributed by atoms with Crippen LogP contribution in [0, 0.1) is 0 Å². The van der Waals surface area contributed by atoms with Gasteiger partial charge in [-0.2, -0.15) is 5.10 Å². The summed E-state index contributed by atoms with van der Waals surface area (Å²) in [6.45, 7) is 2.74. The van der Waals surface area contributed by atoms with Crippen LogP contribution in [0.15, 0.2) is 30.3 Å². The minimum atomic E-state index is 0.550. The summed E-state index contributed by atoms with van der Waals surface area (Å²) in [7, 11) is 1.66. The molecule has 0 aliphatic carbocycles. The maximum Gasteiger partial charge on any atom is 0.123 e. The molecule has 2 aromatic rings. The summed E-state index contributed by atoms with van der Waals surface area (Å²) in [6, 6.07) is 9.82. The highest BCUT2D eigenvalue weighted by atomic mass is 16.5. The summed E-state index contributed by atoms with van der Waals surface area (Å²) in [5, 5.41) is 10.9. The first kappa shape index (κ1) is 13.9. The fraction of sp³-hybridized carbons (Fsp3) is 0.438. The fourth-order valence-corrected chi connectivity index (χ4v) is 2.59.